The van der Waals surface area contributed by atoms with Gasteiger partial charge in [-0.05, 0) is 36.4 Å². The van der Waals surface area contributed by atoms with Crippen molar-refractivity contribution in [3.8, 4) is 5.69 Å². The first-order valence-corrected chi connectivity index (χ1v) is 7.62. The number of hydrogen-bond donors (Lipinski definition) is 1. The zero-order valence-electron chi connectivity index (χ0n) is 13.6. The van der Waals surface area contributed by atoms with Crippen molar-refractivity contribution in [1.29, 1.82) is 0 Å². The monoisotopic (exact) mass is 378 g/mol. The molecule has 6 nitrogen and oxygen atoms in total. The Bertz CT molecular complexity index is 1220. The van der Waals surface area contributed by atoms with Gasteiger partial charge in [-0.3, -0.25) is 4.57 Å². The molecule has 0 bridgehead atoms. The van der Waals surface area contributed by atoms with E-state index in [4.69, 9.17) is 0 Å². The molecule has 0 aliphatic carbocycles. The van der Waals surface area contributed by atoms with Crippen LogP contribution in [0.25, 0.3) is 27.8 Å². The summed E-state index contributed by atoms with van der Waals surface area (Å²) in [6.07, 6.45) is -4.67. The topological polar surface area (TPSA) is 72.9 Å². The van der Waals surface area contributed by atoms with Crippen molar-refractivity contribution >= 4 is 28.0 Å². The van der Waals surface area contributed by atoms with Gasteiger partial charge in [0, 0.05) is 12.4 Å². The number of fused-ring (bicyclic) bond motifs is 3. The number of rotatable bonds is 2. The molecule has 0 aliphatic rings. The number of alkyl halides is 3. The second-order valence-electron chi connectivity index (χ2n) is 5.90. The van der Waals surface area contributed by atoms with Gasteiger partial charge in [0.15, 0.2) is 5.65 Å². The number of carboxylic acids is 1. The highest BCUT2D eigenvalue weighted by molar-refractivity contribution is 6.08. The van der Waals surface area contributed by atoms with Crippen molar-refractivity contribution in [1.82, 2.24) is 19.6 Å². The summed E-state index contributed by atoms with van der Waals surface area (Å²) in [4.78, 5) is 12.5. The van der Waals surface area contributed by atoms with Crippen molar-refractivity contribution < 1.29 is 27.5 Å². The van der Waals surface area contributed by atoms with E-state index in [0.717, 1.165) is 12.1 Å². The molecule has 0 aliphatic heterocycles. The maximum Gasteiger partial charge on any atom is 0.416 e. The van der Waals surface area contributed by atoms with Crippen LogP contribution in [0.1, 0.15) is 15.9 Å². The molecule has 0 unspecified atom stereocenters. The van der Waals surface area contributed by atoms with Gasteiger partial charge >= 0.3 is 12.1 Å². The van der Waals surface area contributed by atoms with Crippen molar-refractivity contribution in [2.24, 2.45) is 7.05 Å². The van der Waals surface area contributed by atoms with Crippen LogP contribution in [0.2, 0.25) is 0 Å². The molecule has 2 heterocycles. The summed E-state index contributed by atoms with van der Waals surface area (Å²) in [5.74, 6) is -2.24. The first-order chi connectivity index (χ1) is 12.7. The molecule has 0 amide bonds. The zero-order chi connectivity index (χ0) is 19.5. The Kier molecular flexibility index (Phi) is 3.48. The molecule has 4 aromatic rings. The summed E-state index contributed by atoms with van der Waals surface area (Å²) in [5, 5.41) is 17.9. The van der Waals surface area contributed by atoms with E-state index in [0.29, 0.717) is 22.5 Å². The molecule has 4 rings (SSSR count). The standard InChI is InChI=1S/C17H10F4N4O2/c1-24-22-14-10-6-8(16(26)27)2-4-12(10)25(15(14)23-24)13-5-3-9(7-11(13)18)17(19,20)21/h2-7H,1H3,(H,26,27). The second-order valence-corrected chi connectivity index (χ2v) is 5.90. The molecule has 0 spiro atoms. The van der Waals surface area contributed by atoms with Gasteiger partial charge in [0.25, 0.3) is 0 Å². The molecular formula is C17H10F4N4O2. The quantitative estimate of drug-likeness (QED) is 0.539. The van der Waals surface area contributed by atoms with Crippen molar-refractivity contribution in [2.45, 2.75) is 6.18 Å². The summed E-state index contributed by atoms with van der Waals surface area (Å²) in [7, 11) is 1.53. The second kappa shape index (κ2) is 5.53. The Morgan fingerprint density at radius 1 is 1.11 bits per heavy atom. The lowest BCUT2D eigenvalue weighted by molar-refractivity contribution is -0.137. The van der Waals surface area contributed by atoms with Gasteiger partial charge in [-0.25, -0.2) is 9.18 Å². The van der Waals surface area contributed by atoms with Crippen molar-refractivity contribution in [2.75, 3.05) is 0 Å². The van der Waals surface area contributed by atoms with Crippen LogP contribution in [0.5, 0.6) is 0 Å². The molecule has 0 atom stereocenters. The third-order valence-electron chi connectivity index (χ3n) is 4.16. The number of nitrogens with zero attached hydrogens (tertiary/aromatic N) is 4. The first kappa shape index (κ1) is 17.0. The van der Waals surface area contributed by atoms with Gasteiger partial charge in [0.05, 0.1) is 22.3 Å². The summed E-state index contributed by atoms with van der Waals surface area (Å²) in [6.45, 7) is 0. The minimum absolute atomic E-state index is 0.0000874. The number of aryl methyl sites for hydroxylation is 1. The maximum absolute atomic E-state index is 14.5. The van der Waals surface area contributed by atoms with E-state index in [1.807, 2.05) is 0 Å². The lowest BCUT2D eigenvalue weighted by Gasteiger charge is -2.11. The van der Waals surface area contributed by atoms with Crippen molar-refractivity contribution in [3.05, 3.63) is 53.3 Å². The number of aromatic carboxylic acids is 1. The third kappa shape index (κ3) is 2.60. The van der Waals surface area contributed by atoms with Crippen LogP contribution >= 0.6 is 0 Å². The zero-order valence-corrected chi connectivity index (χ0v) is 13.6. The van der Waals surface area contributed by atoms with E-state index >= 15 is 0 Å². The molecule has 1 N–H and O–H groups in total. The Balaban J connectivity index is 2.05. The van der Waals surface area contributed by atoms with Crippen LogP contribution in [0.3, 0.4) is 0 Å². The van der Waals surface area contributed by atoms with Crippen LogP contribution in [-0.2, 0) is 13.2 Å². The molecule has 0 saturated heterocycles. The van der Waals surface area contributed by atoms with Gasteiger partial charge in [0.1, 0.15) is 11.3 Å². The Hall–Kier alpha value is -3.43. The number of halogens is 4. The van der Waals surface area contributed by atoms with Gasteiger partial charge in [-0.1, -0.05) is 0 Å². The summed E-state index contributed by atoms with van der Waals surface area (Å²) in [5.41, 5.74) is -0.358. The molecule has 138 valence electrons. The van der Waals surface area contributed by atoms with Crippen LogP contribution < -0.4 is 0 Å². The van der Waals surface area contributed by atoms with Crippen LogP contribution in [-0.4, -0.2) is 30.6 Å². The van der Waals surface area contributed by atoms with Crippen LogP contribution in [0.4, 0.5) is 17.6 Å². The highest BCUT2D eigenvalue weighted by Crippen LogP contribution is 2.34. The Morgan fingerprint density at radius 2 is 1.85 bits per heavy atom. The normalized spacial score (nSPS) is 12.2. The molecule has 27 heavy (non-hydrogen) atoms. The maximum atomic E-state index is 14.5. The fraction of sp³-hybridized carbons (Fsp3) is 0.118. The average Bonchev–Trinajstić information content (AvgIpc) is 3.09. The fourth-order valence-electron chi connectivity index (χ4n) is 3.00. The number of carbonyl (C=O) groups is 1. The molecule has 10 heteroatoms. The molecule has 0 radical (unpaired) electrons. The van der Waals surface area contributed by atoms with Gasteiger partial charge < -0.3 is 5.11 Å². The van der Waals surface area contributed by atoms with Crippen LogP contribution in [0, 0.1) is 5.82 Å². The SMILES string of the molecule is Cn1nc2c3cc(C(=O)O)ccc3n(-c3ccc(C(F)(F)F)cc3F)c2n1. The van der Waals surface area contributed by atoms with E-state index in [1.54, 1.807) is 0 Å². The predicted octanol–water partition coefficient (Wildman–Crippen LogP) is 3.77. The number of hydrogen-bond acceptors (Lipinski definition) is 3. The average molecular weight is 378 g/mol. The third-order valence-corrected chi connectivity index (χ3v) is 4.16. The number of aromatic nitrogens is 4. The molecule has 0 saturated carbocycles. The Labute approximate surface area is 148 Å². The highest BCUT2D eigenvalue weighted by Gasteiger charge is 2.31. The molecule has 2 aromatic heterocycles. The smallest absolute Gasteiger partial charge is 0.416 e. The van der Waals surface area contributed by atoms with Gasteiger partial charge in [-0.2, -0.15) is 23.1 Å². The lowest BCUT2D eigenvalue weighted by atomic mass is 10.1. The summed E-state index contributed by atoms with van der Waals surface area (Å²) in [6, 6.07) is 6.33. The minimum atomic E-state index is -4.67. The van der Waals surface area contributed by atoms with E-state index in [1.165, 1.54) is 34.6 Å². The predicted molar refractivity (Wildman–Crippen MR) is 87.3 cm³/mol. The van der Waals surface area contributed by atoms with Crippen LogP contribution in [0.15, 0.2) is 36.4 Å². The largest absolute Gasteiger partial charge is 0.478 e. The molecule has 0 fully saturated rings. The highest BCUT2D eigenvalue weighted by atomic mass is 19.4. The summed E-state index contributed by atoms with van der Waals surface area (Å²) < 4.78 is 54.3. The first-order valence-electron chi connectivity index (χ1n) is 7.62. The number of carboxylic acid groups (broad SMARTS) is 1. The van der Waals surface area contributed by atoms with Gasteiger partial charge in [0.2, 0.25) is 0 Å². The van der Waals surface area contributed by atoms with E-state index in [9.17, 15) is 27.5 Å². The molecule has 2 aromatic carbocycles. The van der Waals surface area contributed by atoms with E-state index in [-0.39, 0.29) is 16.9 Å². The molecular weight excluding hydrogens is 368 g/mol. The minimum Gasteiger partial charge on any atom is -0.478 e. The Morgan fingerprint density at radius 3 is 2.48 bits per heavy atom. The fourth-order valence-corrected chi connectivity index (χ4v) is 3.00. The van der Waals surface area contributed by atoms with Gasteiger partial charge in [-0.15, -0.1) is 5.10 Å². The number of benzene rings is 2. The summed E-state index contributed by atoms with van der Waals surface area (Å²) >= 11 is 0. The lowest BCUT2D eigenvalue weighted by Crippen LogP contribution is -2.07. The van der Waals surface area contributed by atoms with E-state index in [2.05, 4.69) is 10.2 Å². The van der Waals surface area contributed by atoms with E-state index < -0.39 is 23.5 Å². The van der Waals surface area contributed by atoms with Crippen molar-refractivity contribution in [3.63, 3.8) is 0 Å².